The fraction of sp³-hybridized carbons (Fsp3) is 0.500. The molecule has 1 aliphatic carbocycles. The van der Waals surface area contributed by atoms with Gasteiger partial charge in [0.1, 0.15) is 0 Å². The normalized spacial score (nSPS) is 20.6. The number of rotatable bonds is 2. The smallest absolute Gasteiger partial charge is 0.248 e. The van der Waals surface area contributed by atoms with Gasteiger partial charge in [0.2, 0.25) is 5.92 Å². The molecule has 16 heavy (non-hydrogen) atoms. The van der Waals surface area contributed by atoms with Gasteiger partial charge in [-0.25, -0.2) is 8.78 Å². The quantitative estimate of drug-likeness (QED) is 0.759. The predicted octanol–water partition coefficient (Wildman–Crippen LogP) is 3.26. The molecule has 0 bridgehead atoms. The van der Waals surface area contributed by atoms with Crippen molar-refractivity contribution in [3.63, 3.8) is 0 Å². The van der Waals surface area contributed by atoms with Gasteiger partial charge in [0, 0.05) is 30.3 Å². The molecule has 1 saturated carbocycles. The number of alkyl halides is 2. The van der Waals surface area contributed by atoms with Crippen molar-refractivity contribution < 1.29 is 8.78 Å². The maximum Gasteiger partial charge on any atom is 0.248 e. The molecule has 3 N–H and O–H groups in total. The first-order chi connectivity index (χ1) is 7.55. The van der Waals surface area contributed by atoms with E-state index in [1.165, 1.54) is 0 Å². The maximum atomic E-state index is 12.9. The Hall–Kier alpha value is -1.32. The van der Waals surface area contributed by atoms with Gasteiger partial charge in [0.15, 0.2) is 0 Å². The molecule has 0 unspecified atom stereocenters. The SMILES string of the molecule is Nc1ccc(NC2CCC(F)(F)CC2)cc1. The highest BCUT2D eigenvalue weighted by atomic mass is 19.3. The summed E-state index contributed by atoms with van der Waals surface area (Å²) >= 11 is 0. The third-order valence-electron chi connectivity index (χ3n) is 3.00. The van der Waals surface area contributed by atoms with Crippen LogP contribution in [0.1, 0.15) is 25.7 Å². The highest BCUT2D eigenvalue weighted by Crippen LogP contribution is 2.34. The van der Waals surface area contributed by atoms with Gasteiger partial charge < -0.3 is 11.1 Å². The summed E-state index contributed by atoms with van der Waals surface area (Å²) in [5.41, 5.74) is 7.23. The van der Waals surface area contributed by atoms with Gasteiger partial charge in [-0.05, 0) is 37.1 Å². The number of nitrogens with one attached hydrogen (secondary N) is 1. The van der Waals surface area contributed by atoms with E-state index in [2.05, 4.69) is 5.32 Å². The number of nitrogen functional groups attached to an aromatic ring is 1. The Bertz CT molecular complexity index is 339. The molecular formula is C12H16F2N2. The average Bonchev–Trinajstić information content (AvgIpc) is 2.24. The number of benzene rings is 1. The second-order valence-corrected chi connectivity index (χ2v) is 4.40. The number of hydrogen-bond acceptors (Lipinski definition) is 2. The summed E-state index contributed by atoms with van der Waals surface area (Å²) < 4.78 is 25.9. The average molecular weight is 226 g/mol. The molecule has 0 atom stereocenters. The van der Waals surface area contributed by atoms with Crippen molar-refractivity contribution in [3.05, 3.63) is 24.3 Å². The minimum Gasteiger partial charge on any atom is -0.399 e. The third-order valence-corrected chi connectivity index (χ3v) is 3.00. The zero-order valence-electron chi connectivity index (χ0n) is 9.05. The largest absolute Gasteiger partial charge is 0.399 e. The first-order valence-electron chi connectivity index (χ1n) is 5.55. The van der Waals surface area contributed by atoms with Gasteiger partial charge in [-0.15, -0.1) is 0 Å². The van der Waals surface area contributed by atoms with Crippen molar-refractivity contribution in [1.82, 2.24) is 0 Å². The van der Waals surface area contributed by atoms with Crippen LogP contribution in [-0.2, 0) is 0 Å². The van der Waals surface area contributed by atoms with Crippen molar-refractivity contribution in [3.8, 4) is 0 Å². The fourth-order valence-electron chi connectivity index (χ4n) is 2.00. The van der Waals surface area contributed by atoms with Crippen LogP contribution in [0.25, 0.3) is 0 Å². The lowest BCUT2D eigenvalue weighted by molar-refractivity contribution is -0.0360. The third kappa shape index (κ3) is 2.84. The van der Waals surface area contributed by atoms with Crippen LogP contribution in [0.15, 0.2) is 24.3 Å². The number of halogens is 2. The topological polar surface area (TPSA) is 38.0 Å². The Morgan fingerprint density at radius 2 is 1.69 bits per heavy atom. The van der Waals surface area contributed by atoms with Crippen LogP contribution in [-0.4, -0.2) is 12.0 Å². The van der Waals surface area contributed by atoms with Crippen molar-refractivity contribution in [2.24, 2.45) is 0 Å². The molecule has 1 aliphatic rings. The van der Waals surface area contributed by atoms with Crippen molar-refractivity contribution in [2.45, 2.75) is 37.6 Å². The fourth-order valence-corrected chi connectivity index (χ4v) is 2.00. The molecule has 0 amide bonds. The molecule has 0 radical (unpaired) electrons. The standard InChI is InChI=1S/C12H16F2N2/c13-12(14)7-5-11(6-8-12)16-10-3-1-9(15)2-4-10/h1-4,11,16H,5-8,15H2. The highest BCUT2D eigenvalue weighted by molar-refractivity contribution is 5.51. The maximum absolute atomic E-state index is 12.9. The van der Waals surface area contributed by atoms with E-state index in [9.17, 15) is 8.78 Å². The molecule has 1 aromatic carbocycles. The number of nitrogens with two attached hydrogens (primary N) is 1. The zero-order valence-corrected chi connectivity index (χ0v) is 9.05. The van der Waals surface area contributed by atoms with Crippen LogP contribution < -0.4 is 11.1 Å². The summed E-state index contributed by atoms with van der Waals surface area (Å²) in [5.74, 6) is -2.46. The van der Waals surface area contributed by atoms with E-state index in [0.29, 0.717) is 18.5 Å². The Morgan fingerprint density at radius 1 is 1.12 bits per heavy atom. The lowest BCUT2D eigenvalue weighted by Crippen LogP contribution is -2.31. The molecule has 0 aliphatic heterocycles. The minimum atomic E-state index is -2.46. The molecule has 0 saturated heterocycles. The van der Waals surface area contributed by atoms with E-state index in [1.807, 2.05) is 12.1 Å². The summed E-state index contributed by atoms with van der Waals surface area (Å²) in [7, 11) is 0. The summed E-state index contributed by atoms with van der Waals surface area (Å²) in [6.45, 7) is 0. The Kier molecular flexibility index (Phi) is 2.99. The van der Waals surface area contributed by atoms with Crippen LogP contribution in [0.2, 0.25) is 0 Å². The predicted molar refractivity (Wildman–Crippen MR) is 61.7 cm³/mol. The van der Waals surface area contributed by atoms with Crippen LogP contribution in [0.4, 0.5) is 20.2 Å². The van der Waals surface area contributed by atoms with Crippen LogP contribution in [0.5, 0.6) is 0 Å². The van der Waals surface area contributed by atoms with Gasteiger partial charge in [0.05, 0.1) is 0 Å². The first-order valence-corrected chi connectivity index (χ1v) is 5.55. The molecule has 0 spiro atoms. The lowest BCUT2D eigenvalue weighted by atomic mass is 9.92. The number of hydrogen-bond donors (Lipinski definition) is 2. The Balaban J connectivity index is 1.89. The van der Waals surface area contributed by atoms with E-state index in [1.54, 1.807) is 12.1 Å². The Labute approximate surface area is 93.8 Å². The molecule has 2 nitrogen and oxygen atoms in total. The monoisotopic (exact) mass is 226 g/mol. The summed E-state index contributed by atoms with van der Waals surface area (Å²) in [6, 6.07) is 7.52. The van der Waals surface area contributed by atoms with Crippen molar-refractivity contribution in [1.29, 1.82) is 0 Å². The van der Waals surface area contributed by atoms with E-state index in [-0.39, 0.29) is 18.9 Å². The Morgan fingerprint density at radius 3 is 2.25 bits per heavy atom. The van der Waals surface area contributed by atoms with E-state index in [4.69, 9.17) is 5.73 Å². The van der Waals surface area contributed by atoms with Crippen molar-refractivity contribution in [2.75, 3.05) is 11.1 Å². The van der Waals surface area contributed by atoms with E-state index in [0.717, 1.165) is 5.69 Å². The second-order valence-electron chi connectivity index (χ2n) is 4.40. The molecule has 0 aromatic heterocycles. The second kappa shape index (κ2) is 4.28. The van der Waals surface area contributed by atoms with E-state index >= 15 is 0 Å². The molecule has 0 heterocycles. The summed E-state index contributed by atoms with van der Waals surface area (Å²) in [4.78, 5) is 0. The molecule has 4 heteroatoms. The highest BCUT2D eigenvalue weighted by Gasteiger charge is 2.34. The number of anilines is 2. The van der Waals surface area contributed by atoms with Gasteiger partial charge >= 0.3 is 0 Å². The van der Waals surface area contributed by atoms with Crippen molar-refractivity contribution >= 4 is 11.4 Å². The molecular weight excluding hydrogens is 210 g/mol. The van der Waals surface area contributed by atoms with Crippen LogP contribution >= 0.6 is 0 Å². The lowest BCUT2D eigenvalue weighted by Gasteiger charge is -2.29. The van der Waals surface area contributed by atoms with Gasteiger partial charge in [-0.2, -0.15) is 0 Å². The molecule has 88 valence electrons. The van der Waals surface area contributed by atoms with Gasteiger partial charge in [-0.3, -0.25) is 0 Å². The minimum absolute atomic E-state index is 0.0142. The zero-order chi connectivity index (χ0) is 11.6. The molecule has 1 aromatic rings. The summed E-state index contributed by atoms with van der Waals surface area (Å²) in [5, 5.41) is 3.26. The van der Waals surface area contributed by atoms with Gasteiger partial charge in [-0.1, -0.05) is 0 Å². The molecule has 2 rings (SSSR count). The molecule has 1 fully saturated rings. The summed E-state index contributed by atoms with van der Waals surface area (Å²) in [6.07, 6.45) is 1.02. The van der Waals surface area contributed by atoms with Gasteiger partial charge in [0.25, 0.3) is 0 Å². The van der Waals surface area contributed by atoms with Crippen LogP contribution in [0, 0.1) is 0 Å². The van der Waals surface area contributed by atoms with Crippen LogP contribution in [0.3, 0.4) is 0 Å². The first kappa shape index (κ1) is 11.2. The van der Waals surface area contributed by atoms with E-state index < -0.39 is 5.92 Å².